The molecule has 2 unspecified atom stereocenters. The fourth-order valence-corrected chi connectivity index (χ4v) is 2.92. The summed E-state index contributed by atoms with van der Waals surface area (Å²) in [5.41, 5.74) is 4.58. The molecule has 3 rings (SSSR count). The SMILES string of the molecule is C=C(C)CN1C(N/N=C/c2ccc(Cl)cc2)=NC2C1C(=O)NC(=O)N2C. The largest absolute Gasteiger partial charge is 0.325 e. The zero-order chi connectivity index (χ0) is 18.8. The van der Waals surface area contributed by atoms with Crippen molar-refractivity contribution >= 4 is 35.7 Å². The van der Waals surface area contributed by atoms with Crippen LogP contribution in [0.2, 0.25) is 5.02 Å². The fraction of sp³-hybridized carbons (Fsp3) is 0.294. The molecule has 1 aromatic rings. The first-order chi connectivity index (χ1) is 12.4. The number of guanidine groups is 1. The molecule has 0 spiro atoms. The lowest BCUT2D eigenvalue weighted by Crippen LogP contribution is -2.64. The Hall–Kier alpha value is -2.87. The van der Waals surface area contributed by atoms with Crippen LogP contribution in [0, 0.1) is 0 Å². The summed E-state index contributed by atoms with van der Waals surface area (Å²) in [6.45, 7) is 6.17. The smallest absolute Gasteiger partial charge is 0.322 e. The Morgan fingerprint density at radius 3 is 2.77 bits per heavy atom. The zero-order valence-corrected chi connectivity index (χ0v) is 15.2. The Balaban J connectivity index is 1.80. The molecular weight excluding hydrogens is 356 g/mol. The summed E-state index contributed by atoms with van der Waals surface area (Å²) < 4.78 is 0. The van der Waals surface area contributed by atoms with Crippen molar-refractivity contribution in [3.8, 4) is 0 Å². The molecule has 0 aromatic heterocycles. The molecule has 2 aliphatic heterocycles. The molecule has 2 heterocycles. The second kappa shape index (κ2) is 7.17. The van der Waals surface area contributed by atoms with Gasteiger partial charge in [-0.15, -0.1) is 0 Å². The van der Waals surface area contributed by atoms with Crippen molar-refractivity contribution < 1.29 is 9.59 Å². The van der Waals surface area contributed by atoms with E-state index in [1.165, 1.54) is 4.90 Å². The van der Waals surface area contributed by atoms with E-state index in [9.17, 15) is 9.59 Å². The summed E-state index contributed by atoms with van der Waals surface area (Å²) in [4.78, 5) is 31.8. The maximum absolute atomic E-state index is 12.3. The Morgan fingerprint density at radius 1 is 1.42 bits per heavy atom. The van der Waals surface area contributed by atoms with E-state index in [1.807, 2.05) is 19.1 Å². The molecule has 8 nitrogen and oxygen atoms in total. The van der Waals surface area contributed by atoms with Crippen LogP contribution in [0.3, 0.4) is 0 Å². The number of imide groups is 1. The number of nitrogens with one attached hydrogen (secondary N) is 2. The number of nitrogens with zero attached hydrogens (tertiary/aromatic N) is 4. The van der Waals surface area contributed by atoms with Gasteiger partial charge < -0.3 is 9.80 Å². The molecule has 0 saturated carbocycles. The number of hydrazone groups is 1. The van der Waals surface area contributed by atoms with Gasteiger partial charge in [0, 0.05) is 18.6 Å². The molecule has 26 heavy (non-hydrogen) atoms. The van der Waals surface area contributed by atoms with Crippen molar-refractivity contribution in [1.82, 2.24) is 20.5 Å². The van der Waals surface area contributed by atoms with Crippen LogP contribution < -0.4 is 10.7 Å². The molecule has 0 aliphatic carbocycles. The van der Waals surface area contributed by atoms with Gasteiger partial charge in [-0.1, -0.05) is 35.9 Å². The van der Waals surface area contributed by atoms with Crippen molar-refractivity contribution in [1.29, 1.82) is 0 Å². The van der Waals surface area contributed by atoms with Crippen LogP contribution >= 0.6 is 11.6 Å². The number of fused-ring (bicyclic) bond motifs is 1. The fourth-order valence-electron chi connectivity index (χ4n) is 2.80. The van der Waals surface area contributed by atoms with E-state index in [1.54, 1.807) is 30.3 Å². The van der Waals surface area contributed by atoms with Gasteiger partial charge in [-0.05, 0) is 24.6 Å². The Bertz CT molecular complexity index is 804. The van der Waals surface area contributed by atoms with Crippen LogP contribution in [-0.2, 0) is 4.79 Å². The third kappa shape index (κ3) is 3.55. The van der Waals surface area contributed by atoms with E-state index in [-0.39, 0.29) is 5.91 Å². The average Bonchev–Trinajstić information content (AvgIpc) is 2.93. The number of carbonyl (C=O) groups is 2. The number of carbonyl (C=O) groups excluding carboxylic acids is 2. The number of likely N-dealkylation sites (N-methyl/N-ethyl adjacent to an activating group) is 1. The van der Waals surface area contributed by atoms with Crippen molar-refractivity contribution in [3.05, 3.63) is 47.0 Å². The second-order valence-electron chi connectivity index (χ2n) is 6.22. The number of urea groups is 1. The lowest BCUT2D eigenvalue weighted by atomic mass is 10.1. The van der Waals surface area contributed by atoms with Gasteiger partial charge in [-0.2, -0.15) is 5.10 Å². The van der Waals surface area contributed by atoms with E-state index in [0.29, 0.717) is 17.5 Å². The Kier molecular flexibility index (Phi) is 4.94. The Labute approximate surface area is 156 Å². The number of halogens is 1. The highest BCUT2D eigenvalue weighted by Gasteiger charge is 2.48. The molecule has 9 heteroatoms. The quantitative estimate of drug-likeness (QED) is 0.473. The summed E-state index contributed by atoms with van der Waals surface area (Å²) in [5.74, 6) is 0.0199. The van der Waals surface area contributed by atoms with E-state index in [0.717, 1.165) is 11.1 Å². The first-order valence-electron chi connectivity index (χ1n) is 7.98. The number of aliphatic imine (C=N–C) groups is 1. The first-order valence-corrected chi connectivity index (χ1v) is 8.36. The number of amides is 3. The van der Waals surface area contributed by atoms with Crippen LogP contribution in [0.25, 0.3) is 0 Å². The van der Waals surface area contributed by atoms with Gasteiger partial charge in [0.25, 0.3) is 5.91 Å². The van der Waals surface area contributed by atoms with Crippen LogP contribution in [-0.4, -0.2) is 59.7 Å². The molecule has 1 saturated heterocycles. The summed E-state index contributed by atoms with van der Waals surface area (Å²) in [6.07, 6.45) is 1.01. The predicted octanol–water partition coefficient (Wildman–Crippen LogP) is 1.39. The van der Waals surface area contributed by atoms with Gasteiger partial charge in [0.05, 0.1) is 6.21 Å². The lowest BCUT2D eigenvalue weighted by molar-refractivity contribution is -0.127. The number of hydrogen-bond acceptors (Lipinski definition) is 6. The van der Waals surface area contributed by atoms with Gasteiger partial charge in [-0.25, -0.2) is 15.2 Å². The van der Waals surface area contributed by atoms with Gasteiger partial charge >= 0.3 is 6.03 Å². The molecule has 1 aromatic carbocycles. The Morgan fingerprint density at radius 2 is 2.12 bits per heavy atom. The molecule has 3 amide bonds. The summed E-state index contributed by atoms with van der Waals surface area (Å²) in [7, 11) is 1.60. The molecular formula is C17H19ClN6O2. The average molecular weight is 375 g/mol. The lowest BCUT2D eigenvalue weighted by Gasteiger charge is -2.36. The second-order valence-corrected chi connectivity index (χ2v) is 6.66. The highest BCUT2D eigenvalue weighted by atomic mass is 35.5. The molecule has 2 atom stereocenters. The molecule has 1 fully saturated rings. The minimum atomic E-state index is -0.623. The van der Waals surface area contributed by atoms with E-state index in [4.69, 9.17) is 11.6 Å². The maximum atomic E-state index is 12.3. The number of rotatable bonds is 4. The minimum absolute atomic E-state index is 0.387. The van der Waals surface area contributed by atoms with E-state index < -0.39 is 18.2 Å². The van der Waals surface area contributed by atoms with Crippen molar-refractivity contribution in [2.45, 2.75) is 19.1 Å². The molecule has 0 bridgehead atoms. The molecule has 2 N–H and O–H groups in total. The molecule has 2 aliphatic rings. The topological polar surface area (TPSA) is 89.4 Å². The standard InChI is InChI=1S/C17H19ClN6O2/c1-10(2)9-24-13-14(23(3)17(26)21-15(13)25)20-16(24)22-19-8-11-4-6-12(18)7-5-11/h4-8,13-14H,1,9H2,2-3H3,(H,20,22)(H,21,25,26)/b19-8+. The van der Waals surface area contributed by atoms with Gasteiger partial charge in [0.1, 0.15) is 0 Å². The van der Waals surface area contributed by atoms with E-state index >= 15 is 0 Å². The highest BCUT2D eigenvalue weighted by molar-refractivity contribution is 6.30. The van der Waals surface area contributed by atoms with Crippen LogP contribution in [0.4, 0.5) is 4.79 Å². The number of hydrogen-bond donors (Lipinski definition) is 2. The van der Waals surface area contributed by atoms with Crippen LogP contribution in [0.15, 0.2) is 46.5 Å². The van der Waals surface area contributed by atoms with E-state index in [2.05, 4.69) is 27.4 Å². The first kappa shape index (κ1) is 17.9. The predicted molar refractivity (Wildman–Crippen MR) is 100 cm³/mol. The molecule has 0 radical (unpaired) electrons. The van der Waals surface area contributed by atoms with Crippen molar-refractivity contribution in [3.63, 3.8) is 0 Å². The summed E-state index contributed by atoms with van der Waals surface area (Å²) in [5, 5.41) is 7.16. The summed E-state index contributed by atoms with van der Waals surface area (Å²) >= 11 is 5.86. The van der Waals surface area contributed by atoms with Gasteiger partial charge in [0.15, 0.2) is 12.2 Å². The third-order valence-corrected chi connectivity index (χ3v) is 4.30. The monoisotopic (exact) mass is 374 g/mol. The van der Waals surface area contributed by atoms with Crippen LogP contribution in [0.1, 0.15) is 12.5 Å². The highest BCUT2D eigenvalue weighted by Crippen LogP contribution is 2.23. The minimum Gasteiger partial charge on any atom is -0.322 e. The van der Waals surface area contributed by atoms with Crippen LogP contribution in [0.5, 0.6) is 0 Å². The van der Waals surface area contributed by atoms with Gasteiger partial charge in [-0.3, -0.25) is 10.1 Å². The summed E-state index contributed by atoms with van der Waals surface area (Å²) in [6, 6.07) is 6.10. The zero-order valence-electron chi connectivity index (χ0n) is 14.4. The normalized spacial score (nSPS) is 22.3. The van der Waals surface area contributed by atoms with Crippen molar-refractivity contribution in [2.24, 2.45) is 10.1 Å². The van der Waals surface area contributed by atoms with Gasteiger partial charge in [0.2, 0.25) is 5.96 Å². The van der Waals surface area contributed by atoms with Crippen molar-refractivity contribution in [2.75, 3.05) is 13.6 Å². The number of benzene rings is 1. The molecule has 136 valence electrons. The third-order valence-electron chi connectivity index (χ3n) is 4.05. The maximum Gasteiger partial charge on any atom is 0.325 e.